The minimum atomic E-state index is -0.415. The molecule has 1 fully saturated rings. The van der Waals surface area contributed by atoms with Crippen LogP contribution in [0.4, 0.5) is 4.79 Å². The average Bonchev–Trinajstić information content (AvgIpc) is 2.76. The van der Waals surface area contributed by atoms with E-state index in [-0.39, 0.29) is 19.1 Å². The first kappa shape index (κ1) is 16.9. The van der Waals surface area contributed by atoms with E-state index in [1.54, 1.807) is 0 Å². The summed E-state index contributed by atoms with van der Waals surface area (Å²) in [7, 11) is 0. The summed E-state index contributed by atoms with van der Waals surface area (Å²) in [5, 5.41) is 13.9. The highest BCUT2D eigenvalue weighted by Gasteiger charge is 2.23. The van der Waals surface area contributed by atoms with E-state index in [1.807, 2.05) is 4.90 Å². The number of carbonyl (C=O) groups excluding carboxylic acids is 2. The highest BCUT2D eigenvalue weighted by Crippen LogP contribution is 2.18. The number of aliphatic hydroxyl groups is 1. The Morgan fingerprint density at radius 3 is 2.80 bits per heavy atom. The standard InChI is InChI=1S/C14H27N3O3/c1-11(2)3-6-15-14(20)16-13(19)10-17-7-4-12(9-17)5-8-18/h11-12,18H,3-10H2,1-2H3,(H2,15,16,19,20). The van der Waals surface area contributed by atoms with E-state index in [0.717, 1.165) is 32.4 Å². The lowest BCUT2D eigenvalue weighted by atomic mass is 10.1. The molecule has 20 heavy (non-hydrogen) atoms. The first-order valence-corrected chi connectivity index (χ1v) is 7.42. The molecule has 0 radical (unpaired) electrons. The van der Waals surface area contributed by atoms with Gasteiger partial charge >= 0.3 is 6.03 Å². The lowest BCUT2D eigenvalue weighted by Gasteiger charge is -2.15. The largest absolute Gasteiger partial charge is 0.396 e. The lowest BCUT2D eigenvalue weighted by molar-refractivity contribution is -0.120. The first-order chi connectivity index (χ1) is 9.51. The summed E-state index contributed by atoms with van der Waals surface area (Å²) in [5.41, 5.74) is 0. The second kappa shape index (κ2) is 8.92. The molecular formula is C14H27N3O3. The Balaban J connectivity index is 2.15. The van der Waals surface area contributed by atoms with E-state index in [1.165, 1.54) is 0 Å². The van der Waals surface area contributed by atoms with Crippen molar-refractivity contribution in [2.24, 2.45) is 11.8 Å². The van der Waals surface area contributed by atoms with Crippen LogP contribution in [0.2, 0.25) is 0 Å². The Kier molecular flexibility index (Phi) is 7.54. The monoisotopic (exact) mass is 285 g/mol. The first-order valence-electron chi connectivity index (χ1n) is 7.42. The molecule has 1 heterocycles. The van der Waals surface area contributed by atoms with Crippen molar-refractivity contribution in [2.45, 2.75) is 33.1 Å². The third-order valence-corrected chi connectivity index (χ3v) is 3.53. The minimum Gasteiger partial charge on any atom is -0.396 e. The van der Waals surface area contributed by atoms with Gasteiger partial charge in [0.05, 0.1) is 6.54 Å². The van der Waals surface area contributed by atoms with Crippen LogP contribution < -0.4 is 10.6 Å². The van der Waals surface area contributed by atoms with Crippen LogP contribution in [-0.4, -0.2) is 54.7 Å². The number of rotatable bonds is 7. The Morgan fingerprint density at radius 2 is 2.15 bits per heavy atom. The van der Waals surface area contributed by atoms with E-state index >= 15 is 0 Å². The Labute approximate surface area is 120 Å². The van der Waals surface area contributed by atoms with Gasteiger partial charge in [-0.05, 0) is 37.6 Å². The number of amides is 3. The molecule has 3 N–H and O–H groups in total. The summed E-state index contributed by atoms with van der Waals surface area (Å²) < 4.78 is 0. The van der Waals surface area contributed by atoms with Crippen LogP contribution in [0.3, 0.4) is 0 Å². The number of aliphatic hydroxyl groups excluding tert-OH is 1. The molecular weight excluding hydrogens is 258 g/mol. The number of nitrogens with zero attached hydrogens (tertiary/aromatic N) is 1. The lowest BCUT2D eigenvalue weighted by Crippen LogP contribution is -2.44. The molecule has 0 aromatic heterocycles. The van der Waals surface area contributed by atoms with E-state index < -0.39 is 6.03 Å². The number of hydrogen-bond donors (Lipinski definition) is 3. The van der Waals surface area contributed by atoms with Gasteiger partial charge in [0, 0.05) is 19.7 Å². The zero-order chi connectivity index (χ0) is 15.0. The number of carbonyl (C=O) groups is 2. The van der Waals surface area contributed by atoms with Crippen molar-refractivity contribution in [3.8, 4) is 0 Å². The zero-order valence-electron chi connectivity index (χ0n) is 12.5. The van der Waals surface area contributed by atoms with Gasteiger partial charge in [0.1, 0.15) is 0 Å². The summed E-state index contributed by atoms with van der Waals surface area (Å²) in [6.07, 6.45) is 2.69. The quantitative estimate of drug-likeness (QED) is 0.638. The fraction of sp³-hybridized carbons (Fsp3) is 0.857. The molecule has 1 unspecified atom stereocenters. The highest BCUT2D eigenvalue weighted by atomic mass is 16.3. The maximum absolute atomic E-state index is 11.7. The molecule has 0 saturated carbocycles. The van der Waals surface area contributed by atoms with Crippen LogP contribution >= 0.6 is 0 Å². The number of imide groups is 1. The molecule has 1 rings (SSSR count). The number of urea groups is 1. The molecule has 1 saturated heterocycles. The van der Waals surface area contributed by atoms with Crippen LogP contribution in [-0.2, 0) is 4.79 Å². The van der Waals surface area contributed by atoms with E-state index in [4.69, 9.17) is 5.11 Å². The second-order valence-corrected chi connectivity index (χ2v) is 5.89. The summed E-state index contributed by atoms with van der Waals surface area (Å²) in [6.45, 7) is 6.87. The van der Waals surface area contributed by atoms with Gasteiger partial charge in [0.15, 0.2) is 0 Å². The Hall–Kier alpha value is -1.14. The van der Waals surface area contributed by atoms with E-state index in [0.29, 0.717) is 18.4 Å². The number of likely N-dealkylation sites (tertiary alicyclic amines) is 1. The van der Waals surface area contributed by atoms with Crippen LogP contribution in [0.1, 0.15) is 33.1 Å². The van der Waals surface area contributed by atoms with Crippen LogP contribution in [0.15, 0.2) is 0 Å². The molecule has 1 atom stereocenters. The molecule has 0 aromatic rings. The smallest absolute Gasteiger partial charge is 0.321 e. The average molecular weight is 285 g/mol. The van der Waals surface area contributed by atoms with Gasteiger partial charge in [-0.3, -0.25) is 15.0 Å². The normalized spacial score (nSPS) is 19.3. The third-order valence-electron chi connectivity index (χ3n) is 3.53. The second-order valence-electron chi connectivity index (χ2n) is 5.89. The SMILES string of the molecule is CC(C)CCNC(=O)NC(=O)CN1CCC(CCO)C1. The summed E-state index contributed by atoms with van der Waals surface area (Å²) in [5.74, 6) is 0.725. The van der Waals surface area contributed by atoms with Gasteiger partial charge < -0.3 is 10.4 Å². The maximum Gasteiger partial charge on any atom is 0.321 e. The van der Waals surface area contributed by atoms with Crippen molar-refractivity contribution >= 4 is 11.9 Å². The molecule has 0 aliphatic carbocycles. The summed E-state index contributed by atoms with van der Waals surface area (Å²) in [6, 6.07) is -0.415. The van der Waals surface area contributed by atoms with Gasteiger partial charge in [-0.1, -0.05) is 13.8 Å². The van der Waals surface area contributed by atoms with E-state index in [9.17, 15) is 9.59 Å². The van der Waals surface area contributed by atoms with Gasteiger partial charge in [-0.2, -0.15) is 0 Å². The van der Waals surface area contributed by atoms with Gasteiger partial charge in [0.25, 0.3) is 0 Å². The summed E-state index contributed by atoms with van der Waals surface area (Å²) in [4.78, 5) is 25.2. The van der Waals surface area contributed by atoms with Gasteiger partial charge in [-0.25, -0.2) is 4.79 Å². The zero-order valence-corrected chi connectivity index (χ0v) is 12.5. The molecule has 116 valence electrons. The van der Waals surface area contributed by atoms with Gasteiger partial charge in [-0.15, -0.1) is 0 Å². The third kappa shape index (κ3) is 6.86. The van der Waals surface area contributed by atoms with Crippen LogP contribution in [0.25, 0.3) is 0 Å². The molecule has 6 nitrogen and oxygen atoms in total. The Morgan fingerprint density at radius 1 is 1.40 bits per heavy atom. The molecule has 0 aromatic carbocycles. The summed E-state index contributed by atoms with van der Waals surface area (Å²) >= 11 is 0. The predicted octanol–water partition coefficient (Wildman–Crippen LogP) is 0.563. The number of nitrogens with one attached hydrogen (secondary N) is 2. The van der Waals surface area contributed by atoms with Crippen molar-refractivity contribution in [3.63, 3.8) is 0 Å². The maximum atomic E-state index is 11.7. The van der Waals surface area contributed by atoms with Crippen molar-refractivity contribution in [2.75, 3.05) is 32.8 Å². The van der Waals surface area contributed by atoms with Crippen molar-refractivity contribution in [3.05, 3.63) is 0 Å². The fourth-order valence-electron chi connectivity index (χ4n) is 2.36. The minimum absolute atomic E-state index is 0.197. The highest BCUT2D eigenvalue weighted by molar-refractivity contribution is 5.95. The van der Waals surface area contributed by atoms with Crippen LogP contribution in [0, 0.1) is 11.8 Å². The predicted molar refractivity (Wildman–Crippen MR) is 77.2 cm³/mol. The molecule has 6 heteroatoms. The van der Waals surface area contributed by atoms with Crippen LogP contribution in [0.5, 0.6) is 0 Å². The van der Waals surface area contributed by atoms with Crippen molar-refractivity contribution in [1.82, 2.24) is 15.5 Å². The van der Waals surface area contributed by atoms with Crippen molar-refractivity contribution < 1.29 is 14.7 Å². The van der Waals surface area contributed by atoms with Crippen molar-refractivity contribution in [1.29, 1.82) is 0 Å². The molecule has 1 aliphatic rings. The molecule has 0 bridgehead atoms. The van der Waals surface area contributed by atoms with Gasteiger partial charge in [0.2, 0.25) is 5.91 Å². The number of hydrogen-bond acceptors (Lipinski definition) is 4. The topological polar surface area (TPSA) is 81.7 Å². The molecule has 3 amide bonds. The fourth-order valence-corrected chi connectivity index (χ4v) is 2.36. The molecule has 0 spiro atoms. The Bertz CT molecular complexity index is 321. The molecule has 1 aliphatic heterocycles. The van der Waals surface area contributed by atoms with E-state index in [2.05, 4.69) is 24.5 Å².